The zero-order valence-electron chi connectivity index (χ0n) is 37.9. The fourth-order valence-electron chi connectivity index (χ4n) is 13.4. The van der Waals surface area contributed by atoms with Crippen LogP contribution < -0.4 is 9.80 Å². The van der Waals surface area contributed by atoms with E-state index in [9.17, 15) is 0 Å². The number of benzene rings is 10. The second-order valence-corrected chi connectivity index (χ2v) is 19.6. The summed E-state index contributed by atoms with van der Waals surface area (Å²) >= 11 is 0. The van der Waals surface area contributed by atoms with Gasteiger partial charge in [0.2, 0.25) is 0 Å². The third kappa shape index (κ3) is 5.10. The number of para-hydroxylation sites is 3. The van der Waals surface area contributed by atoms with Crippen LogP contribution in [0.2, 0.25) is 0 Å². The number of hydrogen-bond acceptors (Lipinski definition) is 2. The Morgan fingerprint density at radius 3 is 1.58 bits per heavy atom. The van der Waals surface area contributed by atoms with Gasteiger partial charge in [-0.05, 0) is 137 Å². The lowest BCUT2D eigenvalue weighted by molar-refractivity contribution is 0.488. The highest BCUT2D eigenvalue weighted by Gasteiger charge is 2.52. The number of anilines is 5. The van der Waals surface area contributed by atoms with Gasteiger partial charge in [-0.25, -0.2) is 0 Å². The summed E-state index contributed by atoms with van der Waals surface area (Å²) in [5.41, 5.74) is 18.9. The van der Waals surface area contributed by atoms with Crippen LogP contribution in [0.4, 0.5) is 28.4 Å². The third-order valence-corrected chi connectivity index (χ3v) is 16.0. The molecule has 0 amide bonds. The van der Waals surface area contributed by atoms with Gasteiger partial charge in [0.1, 0.15) is 0 Å². The molecule has 1 aliphatic heterocycles. The van der Waals surface area contributed by atoms with Crippen LogP contribution in [-0.4, -0.2) is 6.04 Å². The van der Waals surface area contributed by atoms with Gasteiger partial charge in [-0.15, -0.1) is 0 Å². The van der Waals surface area contributed by atoms with Gasteiger partial charge in [0.25, 0.3) is 0 Å². The third-order valence-electron chi connectivity index (χ3n) is 16.0. The fourth-order valence-corrected chi connectivity index (χ4v) is 13.4. The predicted octanol–water partition coefficient (Wildman–Crippen LogP) is 16.8. The fraction of sp³-hybridized carbons (Fsp3) is 0.108. The minimum Gasteiger partial charge on any atom is -0.334 e. The number of nitrogens with zero attached hydrogens (tertiary/aromatic N) is 2. The second-order valence-electron chi connectivity index (χ2n) is 19.6. The van der Waals surface area contributed by atoms with Crippen molar-refractivity contribution >= 4 is 66.3 Å². The minimum absolute atomic E-state index is 0.0516. The van der Waals surface area contributed by atoms with E-state index in [1.54, 1.807) is 0 Å². The Labute approximate surface area is 392 Å². The quantitative estimate of drug-likeness (QED) is 0.163. The summed E-state index contributed by atoms with van der Waals surface area (Å²) in [4.78, 5) is 5.13. The van der Waals surface area contributed by atoms with Crippen molar-refractivity contribution in [3.63, 3.8) is 0 Å². The van der Waals surface area contributed by atoms with E-state index in [-0.39, 0.29) is 17.4 Å². The molecular formula is C65H48N2. The van der Waals surface area contributed by atoms with Gasteiger partial charge in [-0.2, -0.15) is 0 Å². The molecule has 3 aliphatic carbocycles. The van der Waals surface area contributed by atoms with Gasteiger partial charge >= 0.3 is 0 Å². The molecule has 2 atom stereocenters. The molecule has 0 saturated heterocycles. The number of hydrogen-bond donors (Lipinski definition) is 0. The van der Waals surface area contributed by atoms with Crippen molar-refractivity contribution in [2.24, 2.45) is 5.92 Å². The molecule has 2 heteroatoms. The topological polar surface area (TPSA) is 6.48 Å². The first-order chi connectivity index (χ1) is 32.9. The summed E-state index contributed by atoms with van der Waals surface area (Å²) in [6, 6.07) is 79.9. The zero-order valence-corrected chi connectivity index (χ0v) is 37.9. The summed E-state index contributed by atoms with van der Waals surface area (Å²) in [6.07, 6.45) is 4.94. The molecule has 10 aromatic rings. The van der Waals surface area contributed by atoms with E-state index >= 15 is 0 Å². The van der Waals surface area contributed by atoms with Crippen LogP contribution in [-0.2, 0) is 10.8 Å². The zero-order chi connectivity index (χ0) is 44.6. The number of fused-ring (bicyclic) bond motifs is 17. The summed E-state index contributed by atoms with van der Waals surface area (Å²) in [5.74, 6) is 0.222. The maximum Gasteiger partial charge on any atom is 0.0754 e. The Morgan fingerprint density at radius 2 is 0.910 bits per heavy atom. The molecule has 0 bridgehead atoms. The van der Waals surface area contributed by atoms with E-state index in [1.807, 2.05) is 0 Å². The molecule has 1 heterocycles. The molecule has 4 aliphatic rings. The van der Waals surface area contributed by atoms with Crippen molar-refractivity contribution in [2.45, 2.75) is 37.6 Å². The highest BCUT2D eigenvalue weighted by molar-refractivity contribution is 6.25. The first-order valence-electron chi connectivity index (χ1n) is 23.9. The highest BCUT2D eigenvalue weighted by Crippen LogP contribution is 2.64. The smallest absolute Gasteiger partial charge is 0.0754 e. The summed E-state index contributed by atoms with van der Waals surface area (Å²) in [5, 5.41) is 7.72. The van der Waals surface area contributed by atoms with Crippen molar-refractivity contribution in [3.05, 3.63) is 263 Å². The van der Waals surface area contributed by atoms with Crippen LogP contribution >= 0.6 is 0 Å². The molecule has 67 heavy (non-hydrogen) atoms. The molecule has 318 valence electrons. The standard InChI is InChI=1S/C65H48N2/c1-41-60(38-36-52-50-25-11-13-27-55(50)64(2,3)63(41)52)66(43-33-35-49-47-23-8-7-21-45(47)46-22-9-10-24-48(46)53(49)39-43)44-34-37-57-54(40-44)51-26-12-14-28-56(51)65(57)58-29-15-17-31-61(58)67(42-19-5-4-6-20-42)62-32-18-16-30-59(62)65/h4-41,60H,1-3H3. The summed E-state index contributed by atoms with van der Waals surface area (Å²) in [7, 11) is 0. The molecule has 0 fully saturated rings. The lowest BCUT2D eigenvalue weighted by atomic mass is 9.64. The van der Waals surface area contributed by atoms with Crippen LogP contribution in [0.5, 0.6) is 0 Å². The van der Waals surface area contributed by atoms with E-state index in [4.69, 9.17) is 0 Å². The monoisotopic (exact) mass is 856 g/mol. The molecular weight excluding hydrogens is 809 g/mol. The lowest BCUT2D eigenvalue weighted by Gasteiger charge is -2.45. The maximum atomic E-state index is 2.67. The Bertz CT molecular complexity index is 3690. The van der Waals surface area contributed by atoms with Crippen LogP contribution in [0, 0.1) is 5.92 Å². The van der Waals surface area contributed by atoms with Crippen LogP contribution in [0.1, 0.15) is 54.2 Å². The molecule has 14 rings (SSSR count). The molecule has 0 N–H and O–H groups in total. The van der Waals surface area contributed by atoms with Crippen LogP contribution in [0.25, 0.3) is 49.0 Å². The Balaban J connectivity index is 1.01. The maximum absolute atomic E-state index is 2.67. The molecule has 2 unspecified atom stereocenters. The molecule has 0 radical (unpaired) electrons. The van der Waals surface area contributed by atoms with Crippen molar-refractivity contribution in [1.29, 1.82) is 0 Å². The van der Waals surface area contributed by atoms with Crippen molar-refractivity contribution in [1.82, 2.24) is 0 Å². The minimum atomic E-state index is -0.520. The molecule has 2 nitrogen and oxygen atoms in total. The normalized spacial score (nSPS) is 17.9. The van der Waals surface area contributed by atoms with Gasteiger partial charge in [-0.1, -0.05) is 197 Å². The van der Waals surface area contributed by atoms with Gasteiger partial charge in [0.05, 0.1) is 22.8 Å². The molecule has 0 saturated carbocycles. The number of allylic oxidation sites excluding steroid dienone is 2. The van der Waals surface area contributed by atoms with E-state index in [1.165, 1.54) is 111 Å². The Hall–Kier alpha value is -7.94. The molecule has 10 aromatic carbocycles. The highest BCUT2D eigenvalue weighted by atomic mass is 15.2. The van der Waals surface area contributed by atoms with Gasteiger partial charge in [-0.3, -0.25) is 0 Å². The SMILES string of the molecule is CC1C2=C(C=CC1N(c1ccc3c(c1)-c1ccccc1C31c3ccccc3N(c3ccccc3)c3ccccc31)c1ccc3c4ccccc4c4ccccc4c3c1)c1ccccc1C2(C)C. The average Bonchev–Trinajstić information content (AvgIpc) is 3.80. The summed E-state index contributed by atoms with van der Waals surface area (Å²) in [6.45, 7) is 7.34. The summed E-state index contributed by atoms with van der Waals surface area (Å²) < 4.78 is 0. The number of rotatable bonds is 4. The Kier molecular flexibility index (Phi) is 8.03. The first kappa shape index (κ1) is 38.3. The van der Waals surface area contributed by atoms with E-state index in [0.29, 0.717) is 0 Å². The van der Waals surface area contributed by atoms with Crippen molar-refractivity contribution in [2.75, 3.05) is 9.80 Å². The van der Waals surface area contributed by atoms with Gasteiger partial charge < -0.3 is 9.80 Å². The molecule has 1 spiro atoms. The van der Waals surface area contributed by atoms with E-state index in [0.717, 1.165) is 5.69 Å². The van der Waals surface area contributed by atoms with Gasteiger partial charge in [0.15, 0.2) is 0 Å². The second kappa shape index (κ2) is 14.0. The van der Waals surface area contributed by atoms with Crippen molar-refractivity contribution < 1.29 is 0 Å². The van der Waals surface area contributed by atoms with E-state index < -0.39 is 5.41 Å². The largest absolute Gasteiger partial charge is 0.334 e. The molecule has 0 aromatic heterocycles. The average molecular weight is 857 g/mol. The lowest BCUT2D eigenvalue weighted by Crippen LogP contribution is -2.40. The van der Waals surface area contributed by atoms with Gasteiger partial charge in [0, 0.05) is 28.4 Å². The Morgan fingerprint density at radius 1 is 0.418 bits per heavy atom. The van der Waals surface area contributed by atoms with Crippen LogP contribution in [0.15, 0.2) is 230 Å². The van der Waals surface area contributed by atoms with Crippen LogP contribution in [0.3, 0.4) is 0 Å². The predicted molar refractivity (Wildman–Crippen MR) is 282 cm³/mol. The van der Waals surface area contributed by atoms with Crippen molar-refractivity contribution in [3.8, 4) is 11.1 Å². The first-order valence-corrected chi connectivity index (χ1v) is 23.9. The van der Waals surface area contributed by atoms with E-state index in [2.05, 4.69) is 255 Å².